The van der Waals surface area contributed by atoms with E-state index in [0.717, 1.165) is 29.6 Å². The minimum Gasteiger partial charge on any atom is -0.493 e. The van der Waals surface area contributed by atoms with Gasteiger partial charge in [-0.25, -0.2) is 4.98 Å². The van der Waals surface area contributed by atoms with E-state index < -0.39 is 0 Å². The number of H-pyrrole nitrogens is 1. The molecule has 8 heteroatoms. The predicted molar refractivity (Wildman–Crippen MR) is 154 cm³/mol. The molecule has 0 saturated heterocycles. The Morgan fingerprint density at radius 3 is 2.58 bits per heavy atom. The molecule has 1 amide bonds. The van der Waals surface area contributed by atoms with E-state index >= 15 is 0 Å². The van der Waals surface area contributed by atoms with Crippen LogP contribution in [0.5, 0.6) is 11.5 Å². The number of carbonyl (C=O) groups is 1. The number of benzene rings is 3. The van der Waals surface area contributed by atoms with Crippen LogP contribution in [0.3, 0.4) is 0 Å². The zero-order chi connectivity index (χ0) is 27.9. The Morgan fingerprint density at radius 1 is 0.975 bits per heavy atom. The van der Waals surface area contributed by atoms with E-state index in [4.69, 9.17) is 13.9 Å². The average molecular weight is 539 g/mol. The first-order valence-corrected chi connectivity index (χ1v) is 13.3. The number of amides is 1. The third kappa shape index (κ3) is 6.18. The minimum absolute atomic E-state index is 0.151. The number of carbonyl (C=O) groups excluding carboxylic acids is 1. The molecule has 5 rings (SSSR count). The summed E-state index contributed by atoms with van der Waals surface area (Å²) < 4.78 is 17.0. The number of fused-ring (bicyclic) bond motifs is 1. The Balaban J connectivity index is 1.33. The Labute approximate surface area is 233 Å². The molecule has 0 radical (unpaired) electrons. The summed E-state index contributed by atoms with van der Waals surface area (Å²) in [4.78, 5) is 23.0. The van der Waals surface area contributed by atoms with Crippen LogP contribution in [-0.2, 0) is 19.5 Å². The highest BCUT2D eigenvalue weighted by Gasteiger charge is 2.19. The second-order valence-electron chi connectivity index (χ2n) is 9.71. The smallest absolute Gasteiger partial charge is 0.273 e. The molecular weight excluding hydrogens is 504 g/mol. The number of nitrogens with zero attached hydrogens (tertiary/aromatic N) is 2. The normalized spacial score (nSPS) is 12.0. The molecule has 2 heterocycles. The Kier molecular flexibility index (Phi) is 8.47. The number of hydrogen-bond donors (Lipinski definition) is 2. The van der Waals surface area contributed by atoms with Crippen LogP contribution < -0.4 is 14.8 Å². The van der Waals surface area contributed by atoms with Gasteiger partial charge < -0.3 is 24.2 Å². The number of aromatic nitrogens is 2. The molecule has 206 valence electrons. The van der Waals surface area contributed by atoms with Crippen molar-refractivity contribution in [1.29, 1.82) is 0 Å². The summed E-state index contributed by atoms with van der Waals surface area (Å²) in [6.07, 6.45) is 4.31. The fraction of sp³-hybridized carbons (Fsp3) is 0.250. The van der Waals surface area contributed by atoms with Gasteiger partial charge in [0.05, 0.1) is 26.8 Å². The summed E-state index contributed by atoms with van der Waals surface area (Å²) in [5.74, 6) is 1.58. The zero-order valence-electron chi connectivity index (χ0n) is 23.0. The molecule has 8 nitrogen and oxygen atoms in total. The second kappa shape index (κ2) is 12.5. The van der Waals surface area contributed by atoms with Gasteiger partial charge in [-0.2, -0.15) is 0 Å². The third-order valence-corrected chi connectivity index (χ3v) is 7.04. The zero-order valence-corrected chi connectivity index (χ0v) is 23.0. The summed E-state index contributed by atoms with van der Waals surface area (Å²) in [6.45, 7) is 3.68. The number of para-hydroxylation sites is 2. The lowest BCUT2D eigenvalue weighted by Gasteiger charge is -2.22. The van der Waals surface area contributed by atoms with Crippen molar-refractivity contribution in [1.82, 2.24) is 20.2 Å². The van der Waals surface area contributed by atoms with Crippen LogP contribution in [0.15, 0.2) is 89.7 Å². The lowest BCUT2D eigenvalue weighted by molar-refractivity contribution is 0.0934. The maximum Gasteiger partial charge on any atom is 0.273 e. The summed E-state index contributed by atoms with van der Waals surface area (Å²) in [5.41, 5.74) is 4.62. The molecule has 0 bridgehead atoms. The predicted octanol–water partition coefficient (Wildman–Crippen LogP) is 5.91. The van der Waals surface area contributed by atoms with Crippen LogP contribution >= 0.6 is 0 Å². The summed E-state index contributed by atoms with van der Waals surface area (Å²) >= 11 is 0. The molecule has 3 aromatic carbocycles. The van der Waals surface area contributed by atoms with Crippen molar-refractivity contribution in [3.63, 3.8) is 0 Å². The fourth-order valence-corrected chi connectivity index (χ4v) is 4.92. The van der Waals surface area contributed by atoms with Gasteiger partial charge >= 0.3 is 0 Å². The number of oxazole rings is 1. The molecular formula is C32H34N4O4. The third-order valence-electron chi connectivity index (χ3n) is 7.04. The van der Waals surface area contributed by atoms with Gasteiger partial charge in [-0.15, -0.1) is 0 Å². The molecule has 5 aromatic rings. The molecule has 0 saturated carbocycles. The second-order valence-corrected chi connectivity index (χ2v) is 9.71. The SMILES string of the molecule is COc1cccc(CN(CCc2c[nH]c3ccccc23)Cc2nc(C(=O)NC(C)c3ccccc3)co2)c1OC. The molecule has 0 aliphatic heterocycles. The van der Waals surface area contributed by atoms with Crippen molar-refractivity contribution in [2.45, 2.75) is 32.5 Å². The van der Waals surface area contributed by atoms with Crippen molar-refractivity contribution in [3.8, 4) is 11.5 Å². The highest BCUT2D eigenvalue weighted by molar-refractivity contribution is 5.92. The molecule has 0 aliphatic rings. The van der Waals surface area contributed by atoms with Gasteiger partial charge in [-0.3, -0.25) is 9.69 Å². The van der Waals surface area contributed by atoms with Gasteiger partial charge in [-0.1, -0.05) is 60.7 Å². The first-order valence-electron chi connectivity index (χ1n) is 13.3. The first-order chi connectivity index (χ1) is 19.6. The van der Waals surface area contributed by atoms with Gasteiger partial charge in [0.1, 0.15) is 6.26 Å². The van der Waals surface area contributed by atoms with E-state index in [0.29, 0.717) is 30.5 Å². The minimum atomic E-state index is -0.272. The number of methoxy groups -OCH3 is 2. The van der Waals surface area contributed by atoms with Gasteiger partial charge in [-0.05, 0) is 36.6 Å². The molecule has 0 aliphatic carbocycles. The Hall–Kier alpha value is -4.56. The van der Waals surface area contributed by atoms with Crippen LogP contribution in [0.4, 0.5) is 0 Å². The van der Waals surface area contributed by atoms with E-state index in [2.05, 4.69) is 44.6 Å². The van der Waals surface area contributed by atoms with E-state index in [1.54, 1.807) is 14.2 Å². The van der Waals surface area contributed by atoms with Gasteiger partial charge in [0.25, 0.3) is 5.91 Å². The van der Waals surface area contributed by atoms with Crippen LogP contribution in [0, 0.1) is 0 Å². The van der Waals surface area contributed by atoms with Crippen molar-refractivity contribution in [2.75, 3.05) is 20.8 Å². The molecule has 2 aromatic heterocycles. The van der Waals surface area contributed by atoms with E-state index in [1.807, 2.05) is 61.5 Å². The molecule has 40 heavy (non-hydrogen) atoms. The monoisotopic (exact) mass is 538 g/mol. The highest BCUT2D eigenvalue weighted by atomic mass is 16.5. The van der Waals surface area contributed by atoms with E-state index in [1.165, 1.54) is 17.2 Å². The standard InChI is InChI=1S/C32H34N4O4/c1-22(23-10-5-4-6-11-23)34-32(37)28-21-40-30(35-28)20-36(19-25-12-9-15-29(38-2)31(25)39-3)17-16-24-18-33-27-14-8-7-13-26(24)27/h4-15,18,21-22,33H,16-17,19-20H2,1-3H3,(H,34,37). The van der Waals surface area contributed by atoms with Crippen molar-refractivity contribution >= 4 is 16.8 Å². The summed E-state index contributed by atoms with van der Waals surface area (Å²) in [6, 6.07) is 23.8. The highest BCUT2D eigenvalue weighted by Crippen LogP contribution is 2.32. The average Bonchev–Trinajstić information content (AvgIpc) is 3.63. The number of rotatable bonds is 12. The van der Waals surface area contributed by atoms with Crippen molar-refractivity contribution < 1.29 is 18.7 Å². The lowest BCUT2D eigenvalue weighted by atomic mass is 10.1. The van der Waals surface area contributed by atoms with Crippen LogP contribution in [0.2, 0.25) is 0 Å². The number of aromatic amines is 1. The van der Waals surface area contributed by atoms with Crippen molar-refractivity contribution in [2.24, 2.45) is 0 Å². The number of nitrogens with one attached hydrogen (secondary N) is 2. The summed E-state index contributed by atoms with van der Waals surface area (Å²) in [7, 11) is 3.28. The summed E-state index contributed by atoms with van der Waals surface area (Å²) in [5, 5.41) is 4.21. The maximum atomic E-state index is 12.9. The molecule has 2 N–H and O–H groups in total. The van der Waals surface area contributed by atoms with Gasteiger partial charge in [0.2, 0.25) is 5.89 Å². The maximum absolute atomic E-state index is 12.9. The van der Waals surface area contributed by atoms with Crippen molar-refractivity contribution in [3.05, 3.63) is 114 Å². The molecule has 0 fully saturated rings. The quantitative estimate of drug-likeness (QED) is 0.205. The topological polar surface area (TPSA) is 92.6 Å². The van der Waals surface area contributed by atoms with E-state index in [-0.39, 0.29) is 17.6 Å². The van der Waals surface area contributed by atoms with Crippen LogP contribution in [0.1, 0.15) is 46.0 Å². The van der Waals surface area contributed by atoms with Crippen LogP contribution in [-0.4, -0.2) is 41.5 Å². The van der Waals surface area contributed by atoms with Crippen LogP contribution in [0.25, 0.3) is 10.9 Å². The fourth-order valence-electron chi connectivity index (χ4n) is 4.92. The van der Waals surface area contributed by atoms with E-state index in [9.17, 15) is 4.79 Å². The molecule has 1 atom stereocenters. The van der Waals surface area contributed by atoms with Gasteiger partial charge in [0.15, 0.2) is 17.2 Å². The first kappa shape index (κ1) is 27.0. The number of ether oxygens (including phenoxy) is 2. The van der Waals surface area contributed by atoms with Gasteiger partial charge in [0, 0.05) is 35.8 Å². The molecule has 0 spiro atoms. The Morgan fingerprint density at radius 2 is 1.77 bits per heavy atom. The number of hydrogen-bond acceptors (Lipinski definition) is 6. The molecule has 1 unspecified atom stereocenters. The lowest BCUT2D eigenvalue weighted by Crippen LogP contribution is -2.27. The largest absolute Gasteiger partial charge is 0.493 e. The Bertz CT molecular complexity index is 1560.